The number of hydrogen-bond acceptors (Lipinski definition) is 8. The topological polar surface area (TPSA) is 95.5 Å². The molecular weight excluding hydrogens is 516 g/mol. The number of pyridine rings is 1. The Morgan fingerprint density at radius 2 is 1.90 bits per heavy atom. The van der Waals surface area contributed by atoms with Crippen LogP contribution in [0.2, 0.25) is 0 Å². The van der Waals surface area contributed by atoms with Crippen molar-refractivity contribution in [3.05, 3.63) is 78.1 Å². The second kappa shape index (κ2) is 11.5. The number of nitrogens with one attached hydrogen (secondary N) is 2. The number of morpholine rings is 1. The van der Waals surface area contributed by atoms with Crippen molar-refractivity contribution in [2.24, 2.45) is 0 Å². The van der Waals surface area contributed by atoms with E-state index < -0.39 is 11.7 Å². The van der Waals surface area contributed by atoms with E-state index in [2.05, 4.69) is 30.5 Å². The number of ether oxygens (including phenoxy) is 1. The van der Waals surface area contributed by atoms with Gasteiger partial charge >= 0.3 is 0 Å². The van der Waals surface area contributed by atoms with Crippen LogP contribution in [0.3, 0.4) is 0 Å². The van der Waals surface area contributed by atoms with Gasteiger partial charge in [-0.1, -0.05) is 0 Å². The molecule has 2 aromatic carbocycles. The van der Waals surface area contributed by atoms with Gasteiger partial charge in [-0.25, -0.2) is 18.7 Å². The summed E-state index contributed by atoms with van der Waals surface area (Å²) in [6.45, 7) is 4.11. The second-order valence-corrected chi connectivity index (χ2v) is 9.83. The molecule has 206 valence electrons. The molecule has 2 saturated heterocycles. The van der Waals surface area contributed by atoms with Crippen LogP contribution in [-0.2, 0) is 4.74 Å². The van der Waals surface area contributed by atoms with Crippen LogP contribution in [0.5, 0.6) is 0 Å². The summed E-state index contributed by atoms with van der Waals surface area (Å²) in [5.41, 5.74) is 0.331. The molecule has 4 aromatic rings. The molecule has 2 aromatic heterocycles. The molecule has 2 aliphatic heterocycles. The van der Waals surface area contributed by atoms with Crippen LogP contribution in [0.1, 0.15) is 23.2 Å². The zero-order valence-corrected chi connectivity index (χ0v) is 21.8. The van der Waals surface area contributed by atoms with Crippen LogP contribution in [-0.4, -0.2) is 66.3 Å². The van der Waals surface area contributed by atoms with Crippen molar-refractivity contribution in [3.63, 3.8) is 0 Å². The van der Waals surface area contributed by atoms with Crippen molar-refractivity contribution < 1.29 is 18.3 Å². The van der Waals surface area contributed by atoms with Gasteiger partial charge in [0, 0.05) is 43.1 Å². The maximum atomic E-state index is 15.5. The number of amides is 1. The average Bonchev–Trinajstić information content (AvgIpc) is 2.98. The molecule has 2 aliphatic rings. The van der Waals surface area contributed by atoms with Crippen molar-refractivity contribution >= 4 is 40.0 Å². The number of aromatic nitrogens is 3. The molecule has 0 radical (unpaired) electrons. The number of fused-ring (bicyclic) bond motifs is 1. The number of carbonyl (C=O) groups is 1. The summed E-state index contributed by atoms with van der Waals surface area (Å²) in [7, 11) is 0. The predicted molar refractivity (Wildman–Crippen MR) is 149 cm³/mol. The van der Waals surface area contributed by atoms with Crippen LogP contribution >= 0.6 is 0 Å². The molecule has 40 heavy (non-hydrogen) atoms. The van der Waals surface area contributed by atoms with E-state index in [1.807, 2.05) is 6.07 Å². The highest BCUT2D eigenvalue weighted by molar-refractivity contribution is 6.10. The number of hydrogen-bond donors (Lipinski definition) is 2. The van der Waals surface area contributed by atoms with Gasteiger partial charge < -0.3 is 20.3 Å². The lowest BCUT2D eigenvalue weighted by atomic mass is 10.0. The highest BCUT2D eigenvalue weighted by Gasteiger charge is 2.31. The van der Waals surface area contributed by atoms with Crippen molar-refractivity contribution in [3.8, 4) is 0 Å². The summed E-state index contributed by atoms with van der Waals surface area (Å²) in [5, 5.41) is 7.60. The van der Waals surface area contributed by atoms with E-state index in [0.717, 1.165) is 38.3 Å². The molecule has 4 heterocycles. The molecular formula is C29H29F2N7O2. The fourth-order valence-electron chi connectivity index (χ4n) is 5.22. The van der Waals surface area contributed by atoms with Crippen molar-refractivity contribution in [2.75, 3.05) is 54.5 Å². The Labute approximate surface area is 230 Å². The predicted octanol–water partition coefficient (Wildman–Crippen LogP) is 4.28. The normalized spacial score (nSPS) is 17.6. The molecule has 0 saturated carbocycles. The number of nitrogens with zero attached hydrogens (tertiary/aromatic N) is 5. The summed E-state index contributed by atoms with van der Waals surface area (Å²) < 4.78 is 34.9. The van der Waals surface area contributed by atoms with Gasteiger partial charge in [0.25, 0.3) is 5.91 Å². The third-order valence-corrected chi connectivity index (χ3v) is 7.22. The van der Waals surface area contributed by atoms with Gasteiger partial charge in [0.05, 0.1) is 24.8 Å². The van der Waals surface area contributed by atoms with Crippen LogP contribution in [0.4, 0.5) is 32.1 Å². The molecule has 9 nitrogen and oxygen atoms in total. The first kappa shape index (κ1) is 26.0. The Balaban J connectivity index is 1.29. The van der Waals surface area contributed by atoms with Crippen molar-refractivity contribution in [1.29, 1.82) is 0 Å². The maximum Gasteiger partial charge on any atom is 0.262 e. The maximum absolute atomic E-state index is 15.5. The Morgan fingerprint density at radius 1 is 1.05 bits per heavy atom. The molecule has 2 N–H and O–H groups in total. The smallest absolute Gasteiger partial charge is 0.262 e. The van der Waals surface area contributed by atoms with E-state index in [1.54, 1.807) is 35.5 Å². The first-order valence-corrected chi connectivity index (χ1v) is 13.4. The average molecular weight is 546 g/mol. The first-order chi connectivity index (χ1) is 19.6. The third-order valence-electron chi connectivity index (χ3n) is 7.22. The quantitative estimate of drug-likeness (QED) is 0.371. The summed E-state index contributed by atoms with van der Waals surface area (Å²) >= 11 is 0. The number of rotatable bonds is 6. The molecule has 0 spiro atoms. The lowest BCUT2D eigenvalue weighted by Crippen LogP contribution is -2.49. The fourth-order valence-corrected chi connectivity index (χ4v) is 5.22. The largest absolute Gasteiger partial charge is 0.378 e. The highest BCUT2D eigenvalue weighted by Crippen LogP contribution is 2.31. The lowest BCUT2D eigenvalue weighted by Gasteiger charge is -2.34. The van der Waals surface area contributed by atoms with E-state index >= 15 is 4.39 Å². The zero-order valence-electron chi connectivity index (χ0n) is 21.8. The minimum atomic E-state index is -0.681. The lowest BCUT2D eigenvalue weighted by molar-refractivity contribution is 0.0968. The molecule has 11 heteroatoms. The minimum Gasteiger partial charge on any atom is -0.378 e. The Kier molecular flexibility index (Phi) is 7.47. The van der Waals surface area contributed by atoms with E-state index in [9.17, 15) is 9.18 Å². The fraction of sp³-hybridized carbons (Fsp3) is 0.310. The summed E-state index contributed by atoms with van der Waals surface area (Å²) in [4.78, 5) is 30.9. The van der Waals surface area contributed by atoms with Crippen LogP contribution in [0.25, 0.3) is 10.8 Å². The van der Waals surface area contributed by atoms with Gasteiger partial charge in [-0.15, -0.1) is 0 Å². The summed E-state index contributed by atoms with van der Waals surface area (Å²) in [6.07, 6.45) is 4.79. The number of carbonyl (C=O) groups excluding carboxylic acids is 1. The van der Waals surface area contributed by atoms with Gasteiger partial charge in [0.2, 0.25) is 5.95 Å². The second-order valence-electron chi connectivity index (χ2n) is 9.83. The van der Waals surface area contributed by atoms with Crippen LogP contribution < -0.4 is 20.4 Å². The van der Waals surface area contributed by atoms with E-state index in [0.29, 0.717) is 48.0 Å². The molecule has 6 rings (SSSR count). The van der Waals surface area contributed by atoms with Gasteiger partial charge in [-0.2, -0.15) is 4.98 Å². The number of anilines is 4. The molecule has 0 unspecified atom stereocenters. The Morgan fingerprint density at radius 3 is 2.70 bits per heavy atom. The van der Waals surface area contributed by atoms with Gasteiger partial charge in [-0.3, -0.25) is 9.69 Å². The summed E-state index contributed by atoms with van der Waals surface area (Å²) in [6, 6.07) is 12.0. The highest BCUT2D eigenvalue weighted by atomic mass is 19.1. The number of piperidine rings is 1. The van der Waals surface area contributed by atoms with Crippen LogP contribution in [0.15, 0.2) is 60.9 Å². The number of halogens is 2. The standard InChI is InChI=1S/C29H29F2N7O2/c30-20-3-5-23-19(16-20)7-10-33-27(23)38(22-2-1-9-32-18-22)28(39)24-6-4-21(17-25(24)31)35-29-34-11-8-26(36-29)37-12-14-40-15-13-37/h3-8,10-11,16-17,22,32H,1-2,9,12-15,18H2,(H,34,35,36)/t22-/m1/s1. The zero-order chi connectivity index (χ0) is 27.5. The van der Waals surface area contributed by atoms with Gasteiger partial charge in [0.1, 0.15) is 23.3 Å². The molecule has 0 aliphatic carbocycles. The SMILES string of the molecule is O=C(c1ccc(Nc2nccc(N3CCOCC3)n2)cc1F)N(c1nccc2cc(F)ccc12)[C@@H]1CCCNC1. The van der Waals surface area contributed by atoms with Crippen LogP contribution in [0, 0.1) is 11.6 Å². The van der Waals surface area contributed by atoms with Crippen molar-refractivity contribution in [1.82, 2.24) is 20.3 Å². The van der Waals surface area contributed by atoms with Gasteiger partial charge in [0.15, 0.2) is 0 Å². The third kappa shape index (κ3) is 5.43. The minimum absolute atomic E-state index is 0.0833. The van der Waals surface area contributed by atoms with Crippen molar-refractivity contribution in [2.45, 2.75) is 18.9 Å². The molecule has 0 bridgehead atoms. The van der Waals surface area contributed by atoms with E-state index in [-0.39, 0.29) is 17.4 Å². The monoisotopic (exact) mass is 545 g/mol. The molecule has 1 amide bonds. The van der Waals surface area contributed by atoms with Gasteiger partial charge in [-0.05, 0) is 73.3 Å². The Bertz CT molecular complexity index is 1520. The first-order valence-electron chi connectivity index (χ1n) is 13.4. The summed E-state index contributed by atoms with van der Waals surface area (Å²) in [5.74, 6) is -0.106. The molecule has 2 fully saturated rings. The Hall–Kier alpha value is -4.22. The number of benzene rings is 2. The van der Waals surface area contributed by atoms with E-state index in [4.69, 9.17) is 4.74 Å². The van der Waals surface area contributed by atoms with E-state index in [1.165, 1.54) is 24.3 Å². The molecule has 1 atom stereocenters.